The van der Waals surface area contributed by atoms with Crippen LogP contribution < -0.4 is 9.64 Å². The lowest BCUT2D eigenvalue weighted by molar-refractivity contribution is -0.384. The Labute approximate surface area is 275 Å². The van der Waals surface area contributed by atoms with E-state index in [0.717, 1.165) is 45.3 Å². The molecule has 238 valence electrons. The van der Waals surface area contributed by atoms with Crippen molar-refractivity contribution in [3.63, 3.8) is 0 Å². The second-order valence-electron chi connectivity index (χ2n) is 12.0. The van der Waals surface area contributed by atoms with Gasteiger partial charge in [0, 0.05) is 28.1 Å². The second kappa shape index (κ2) is 13.6. The predicted molar refractivity (Wildman–Crippen MR) is 177 cm³/mol. The highest BCUT2D eigenvalue weighted by atomic mass is 79.9. The number of phenolic OH excluding ortho intramolecular Hbond substituents is 1. The fourth-order valence-corrected chi connectivity index (χ4v) is 7.44. The van der Waals surface area contributed by atoms with Crippen molar-refractivity contribution >= 4 is 45.2 Å². The number of anilines is 1. The summed E-state index contributed by atoms with van der Waals surface area (Å²) in [5.41, 5.74) is 3.95. The molecule has 2 saturated heterocycles. The van der Waals surface area contributed by atoms with Crippen LogP contribution in [0.5, 0.6) is 11.5 Å². The van der Waals surface area contributed by atoms with Gasteiger partial charge < -0.3 is 14.6 Å². The van der Waals surface area contributed by atoms with E-state index in [0.29, 0.717) is 25.2 Å². The molecule has 0 spiro atoms. The number of carbonyl (C=O) groups is 2. The number of carbonyl (C=O) groups excluding carboxylic acids is 2. The summed E-state index contributed by atoms with van der Waals surface area (Å²) in [5.74, 6) is -1.29. The smallest absolute Gasteiger partial charge is 0.271 e. The number of nitro groups is 1. The maximum absolute atomic E-state index is 14.0. The minimum Gasteiger partial charge on any atom is -0.507 e. The molecule has 2 fully saturated rings. The van der Waals surface area contributed by atoms with Gasteiger partial charge in [0.15, 0.2) is 0 Å². The van der Waals surface area contributed by atoms with E-state index in [4.69, 9.17) is 9.47 Å². The number of fused-ring (bicyclic) bond motifs is 3. The van der Waals surface area contributed by atoms with E-state index in [2.05, 4.69) is 22.9 Å². The number of phenols is 1. The predicted octanol–water partition coefficient (Wildman–Crippen LogP) is 7.63. The Morgan fingerprint density at radius 1 is 1.07 bits per heavy atom. The minimum absolute atomic E-state index is 0.180. The zero-order valence-electron chi connectivity index (χ0n) is 25.4. The summed E-state index contributed by atoms with van der Waals surface area (Å²) in [7, 11) is 0. The van der Waals surface area contributed by atoms with Crippen molar-refractivity contribution < 1.29 is 29.1 Å². The van der Waals surface area contributed by atoms with Crippen molar-refractivity contribution in [1.82, 2.24) is 0 Å². The maximum Gasteiger partial charge on any atom is 0.271 e. The second-order valence-corrected chi connectivity index (χ2v) is 12.9. The number of aromatic hydroxyl groups is 1. The third-order valence-electron chi connectivity index (χ3n) is 9.11. The van der Waals surface area contributed by atoms with Crippen LogP contribution in [0.25, 0.3) is 6.08 Å². The molecule has 1 N–H and O–H groups in total. The molecule has 1 aliphatic carbocycles. The van der Waals surface area contributed by atoms with Gasteiger partial charge in [-0.05, 0) is 73.2 Å². The highest BCUT2D eigenvalue weighted by molar-refractivity contribution is 9.10. The number of hydrogen-bond donors (Lipinski definition) is 1. The van der Waals surface area contributed by atoms with Gasteiger partial charge in [-0.25, -0.2) is 4.90 Å². The van der Waals surface area contributed by atoms with Crippen molar-refractivity contribution in [2.45, 2.75) is 45.1 Å². The van der Waals surface area contributed by atoms with E-state index >= 15 is 0 Å². The van der Waals surface area contributed by atoms with Gasteiger partial charge in [0.25, 0.3) is 5.69 Å². The number of nitrogens with zero attached hydrogens (tertiary/aromatic N) is 2. The zero-order chi connectivity index (χ0) is 32.4. The lowest BCUT2D eigenvalue weighted by Gasteiger charge is -2.31. The van der Waals surface area contributed by atoms with Crippen LogP contribution in [0, 0.1) is 27.9 Å². The molecule has 0 aromatic heterocycles. The number of halogens is 1. The van der Waals surface area contributed by atoms with Crippen molar-refractivity contribution in [1.29, 1.82) is 0 Å². The van der Waals surface area contributed by atoms with Crippen LogP contribution in [0.15, 0.2) is 94.0 Å². The highest BCUT2D eigenvalue weighted by Crippen LogP contribution is 2.51. The number of amides is 2. The summed E-state index contributed by atoms with van der Waals surface area (Å²) in [6.45, 7) is 2.69. The fraction of sp³-hybridized carbons (Fsp3) is 0.333. The van der Waals surface area contributed by atoms with Crippen LogP contribution in [0.1, 0.15) is 44.6 Å². The molecule has 3 aromatic carbocycles. The van der Waals surface area contributed by atoms with Gasteiger partial charge in [-0.3, -0.25) is 19.7 Å². The molecule has 4 atom stereocenters. The Bertz CT molecular complexity index is 1720. The third kappa shape index (κ3) is 6.37. The number of allylic oxidation sites excluding steroid dienone is 1. The van der Waals surface area contributed by atoms with Gasteiger partial charge >= 0.3 is 0 Å². The Hall–Kier alpha value is -4.28. The number of ether oxygens (including phenoxy) is 2. The number of benzene rings is 3. The molecule has 9 nitrogen and oxygen atoms in total. The minimum atomic E-state index is -0.614. The van der Waals surface area contributed by atoms with Crippen LogP contribution in [0.3, 0.4) is 0 Å². The Balaban J connectivity index is 1.30. The van der Waals surface area contributed by atoms with Crippen LogP contribution in [-0.2, 0) is 14.3 Å². The van der Waals surface area contributed by atoms with Gasteiger partial charge in [-0.2, -0.15) is 0 Å². The SMILES string of the molecule is CCC/C(=C\c1cc(Br)ccc1O)CC[C@H]1OC[C@H]2C1=C(COc1ccccc1)C[C@H]1C(=O)N(c3cccc([N+](=O)[O-])c3)C(=O)[C@H]12. The molecule has 2 amide bonds. The number of hydrogen-bond acceptors (Lipinski definition) is 7. The van der Waals surface area contributed by atoms with Crippen LogP contribution in [0.2, 0.25) is 0 Å². The number of imide groups is 1. The lowest BCUT2D eigenvalue weighted by Crippen LogP contribution is -2.35. The molecule has 10 heteroatoms. The number of non-ortho nitro benzene ring substituents is 1. The first-order chi connectivity index (χ1) is 22.2. The Morgan fingerprint density at radius 2 is 1.87 bits per heavy atom. The molecule has 2 heterocycles. The van der Waals surface area contributed by atoms with E-state index in [1.54, 1.807) is 18.2 Å². The zero-order valence-corrected chi connectivity index (χ0v) is 27.0. The molecule has 0 bridgehead atoms. The van der Waals surface area contributed by atoms with Crippen molar-refractivity contribution in [2.75, 3.05) is 18.1 Å². The summed E-state index contributed by atoms with van der Waals surface area (Å²) < 4.78 is 13.5. The largest absolute Gasteiger partial charge is 0.507 e. The monoisotopic (exact) mass is 686 g/mol. The quantitative estimate of drug-likeness (QED) is 0.0953. The maximum atomic E-state index is 14.0. The number of rotatable bonds is 11. The van der Waals surface area contributed by atoms with E-state index in [1.807, 2.05) is 42.5 Å². The van der Waals surface area contributed by atoms with Gasteiger partial charge in [0.05, 0.1) is 35.2 Å². The fourth-order valence-electron chi connectivity index (χ4n) is 7.06. The van der Waals surface area contributed by atoms with Crippen molar-refractivity contribution in [2.24, 2.45) is 17.8 Å². The van der Waals surface area contributed by atoms with Gasteiger partial charge in [-0.15, -0.1) is 0 Å². The van der Waals surface area contributed by atoms with E-state index in [9.17, 15) is 24.8 Å². The van der Waals surface area contributed by atoms with E-state index in [-0.39, 0.29) is 47.6 Å². The highest BCUT2D eigenvalue weighted by Gasteiger charge is 2.57. The third-order valence-corrected chi connectivity index (χ3v) is 9.60. The molecule has 0 saturated carbocycles. The number of nitro benzene ring substituents is 1. The van der Waals surface area contributed by atoms with Gasteiger partial charge in [0.2, 0.25) is 11.8 Å². The van der Waals surface area contributed by atoms with Gasteiger partial charge in [0.1, 0.15) is 18.1 Å². The molecule has 6 rings (SSSR count). The Morgan fingerprint density at radius 3 is 2.63 bits per heavy atom. The van der Waals surface area contributed by atoms with Crippen molar-refractivity contribution in [3.8, 4) is 11.5 Å². The van der Waals surface area contributed by atoms with E-state index < -0.39 is 16.8 Å². The first kappa shape index (κ1) is 31.7. The normalized spacial score (nSPS) is 22.7. The topological polar surface area (TPSA) is 119 Å². The molecule has 2 aliphatic heterocycles. The molecule has 0 unspecified atom stereocenters. The lowest BCUT2D eigenvalue weighted by atomic mass is 9.69. The molecular weight excluding hydrogens is 652 g/mol. The molecule has 3 aliphatic rings. The molecular formula is C36H35BrN2O7. The molecule has 0 radical (unpaired) electrons. The standard InChI is InChI=1S/C36H35BrN2O7/c1-2-7-22(16-23-17-25(37)13-14-31(23)40)12-15-32-33-24(20-45-28-10-4-3-5-11-28)18-29-34(30(33)21-46-32)36(42)38(35(29)41)26-8-6-9-27(19-26)39(43)44/h3-6,8-11,13-14,16-17,19,29-30,32,34,40H,2,7,12,15,18,20-21H2,1H3/b22-16+/t29-,30+,32-,34-/m1/s1. The van der Waals surface area contributed by atoms with Gasteiger partial charge in [-0.1, -0.05) is 65.2 Å². The summed E-state index contributed by atoms with van der Waals surface area (Å²) >= 11 is 3.49. The summed E-state index contributed by atoms with van der Waals surface area (Å²) in [6, 6.07) is 20.5. The average Bonchev–Trinajstić information content (AvgIpc) is 3.59. The number of para-hydroxylation sites is 1. The van der Waals surface area contributed by atoms with Crippen LogP contribution in [0.4, 0.5) is 11.4 Å². The summed E-state index contributed by atoms with van der Waals surface area (Å²) in [6.07, 6.45) is 5.34. The van der Waals surface area contributed by atoms with Crippen LogP contribution >= 0.6 is 15.9 Å². The summed E-state index contributed by atoms with van der Waals surface area (Å²) in [4.78, 5) is 39.8. The van der Waals surface area contributed by atoms with Crippen LogP contribution in [-0.4, -0.2) is 41.2 Å². The van der Waals surface area contributed by atoms with Crippen molar-refractivity contribution in [3.05, 3.63) is 110 Å². The molecule has 46 heavy (non-hydrogen) atoms. The first-order valence-corrected chi connectivity index (χ1v) is 16.4. The Kier molecular flexibility index (Phi) is 9.37. The first-order valence-electron chi connectivity index (χ1n) is 15.6. The molecule has 3 aromatic rings. The summed E-state index contributed by atoms with van der Waals surface area (Å²) in [5, 5.41) is 21.9. The van der Waals surface area contributed by atoms with E-state index in [1.165, 1.54) is 23.8 Å². The average molecular weight is 688 g/mol.